The van der Waals surface area contributed by atoms with Gasteiger partial charge in [0.15, 0.2) is 0 Å². The molecule has 2 aromatic heterocycles. The highest BCUT2D eigenvalue weighted by atomic mass is 16.3. The molecule has 1 aliphatic rings. The summed E-state index contributed by atoms with van der Waals surface area (Å²) in [7, 11) is 0. The molecule has 0 aliphatic carbocycles. The minimum atomic E-state index is -0.250. The van der Waals surface area contributed by atoms with E-state index in [-0.39, 0.29) is 23.8 Å². The molecule has 0 radical (unpaired) electrons. The summed E-state index contributed by atoms with van der Waals surface area (Å²) in [5, 5.41) is 16.4. The molecule has 3 N–H and O–H groups in total. The van der Waals surface area contributed by atoms with Gasteiger partial charge in [-0.15, -0.1) is 0 Å². The van der Waals surface area contributed by atoms with Crippen LogP contribution in [0.25, 0.3) is 11.3 Å². The number of nitrogens with zero attached hydrogens (tertiary/aromatic N) is 3. The number of carbonyl (C=O) groups excluding carboxylic acids is 1. The highest BCUT2D eigenvalue weighted by molar-refractivity contribution is 5.94. The predicted molar refractivity (Wildman–Crippen MR) is 105 cm³/mol. The Bertz CT molecular complexity index is 1060. The van der Waals surface area contributed by atoms with Crippen LogP contribution in [-0.4, -0.2) is 33.9 Å². The number of anilines is 1. The molecule has 146 valence electrons. The van der Waals surface area contributed by atoms with Gasteiger partial charge < -0.3 is 20.2 Å². The first-order valence-electron chi connectivity index (χ1n) is 8.78. The number of carboxylic acid groups (broad SMARTS) is 1. The second-order valence-corrected chi connectivity index (χ2v) is 6.21. The molecule has 3 heterocycles. The van der Waals surface area contributed by atoms with E-state index in [1.54, 1.807) is 35.4 Å². The molecule has 0 saturated carbocycles. The van der Waals surface area contributed by atoms with E-state index in [9.17, 15) is 10.1 Å². The second-order valence-electron chi connectivity index (χ2n) is 6.21. The van der Waals surface area contributed by atoms with E-state index in [0.717, 1.165) is 11.3 Å². The molecule has 1 amide bonds. The lowest BCUT2D eigenvalue weighted by Gasteiger charge is -2.30. The zero-order chi connectivity index (χ0) is 20.8. The minimum absolute atomic E-state index is 0.0445. The molecule has 0 fully saturated rings. The van der Waals surface area contributed by atoms with Crippen LogP contribution in [0.4, 0.5) is 5.82 Å². The van der Waals surface area contributed by atoms with Gasteiger partial charge in [0.1, 0.15) is 23.2 Å². The summed E-state index contributed by atoms with van der Waals surface area (Å²) in [6.07, 6.45) is 2.13. The van der Waals surface area contributed by atoms with Gasteiger partial charge in [0.2, 0.25) is 0 Å². The molecule has 0 unspecified atom stereocenters. The van der Waals surface area contributed by atoms with Crippen molar-refractivity contribution in [1.29, 1.82) is 5.26 Å². The molecule has 1 aromatic carbocycles. The number of nitrogen functional groups attached to an aromatic ring is 1. The number of carbonyl (C=O) groups is 2. The number of hydrogen-bond donors (Lipinski definition) is 2. The van der Waals surface area contributed by atoms with Crippen LogP contribution in [0.5, 0.6) is 0 Å². The Hall–Kier alpha value is -4.12. The lowest BCUT2D eigenvalue weighted by Crippen LogP contribution is -2.37. The zero-order valence-electron chi connectivity index (χ0n) is 15.4. The van der Waals surface area contributed by atoms with Crippen molar-refractivity contribution in [1.82, 2.24) is 9.88 Å². The Kier molecular flexibility index (Phi) is 5.90. The van der Waals surface area contributed by atoms with E-state index >= 15 is 0 Å². The number of nitrogens with two attached hydrogens (primary N) is 1. The van der Waals surface area contributed by atoms with Gasteiger partial charge in [0.05, 0.1) is 12.0 Å². The summed E-state index contributed by atoms with van der Waals surface area (Å²) in [5.41, 5.74) is 9.18. The molecule has 8 heteroatoms. The van der Waals surface area contributed by atoms with Crippen LogP contribution in [0.3, 0.4) is 0 Å². The summed E-state index contributed by atoms with van der Waals surface area (Å²) in [6, 6.07) is 14.8. The van der Waals surface area contributed by atoms with Crippen molar-refractivity contribution in [2.24, 2.45) is 0 Å². The Morgan fingerprint density at radius 1 is 1.28 bits per heavy atom. The maximum atomic E-state index is 12.8. The summed E-state index contributed by atoms with van der Waals surface area (Å²) in [5.74, 6) is 0.707. The van der Waals surface area contributed by atoms with Gasteiger partial charge >= 0.3 is 0 Å². The number of rotatable bonds is 2. The molecule has 4 rings (SSSR count). The second kappa shape index (κ2) is 8.71. The van der Waals surface area contributed by atoms with E-state index in [2.05, 4.69) is 11.1 Å². The van der Waals surface area contributed by atoms with Crippen LogP contribution in [-0.2, 0) is 17.8 Å². The van der Waals surface area contributed by atoms with Crippen LogP contribution >= 0.6 is 0 Å². The largest absolute Gasteiger partial charge is 0.483 e. The first kappa shape index (κ1) is 19.6. The van der Waals surface area contributed by atoms with E-state index in [0.29, 0.717) is 36.4 Å². The number of hydrogen-bond acceptors (Lipinski definition) is 6. The lowest BCUT2D eigenvalue weighted by atomic mass is 9.94. The predicted octanol–water partition coefficient (Wildman–Crippen LogP) is 2.69. The molecular weight excluding hydrogens is 372 g/mol. The number of fused-ring (bicyclic) bond motifs is 1. The van der Waals surface area contributed by atoms with Crippen molar-refractivity contribution in [2.45, 2.75) is 13.0 Å². The van der Waals surface area contributed by atoms with Gasteiger partial charge in [0, 0.05) is 36.2 Å². The third-order valence-electron chi connectivity index (χ3n) is 4.57. The van der Waals surface area contributed by atoms with Crippen molar-refractivity contribution < 1.29 is 19.1 Å². The number of amides is 1. The average Bonchev–Trinajstić information content (AvgIpc) is 3.27. The molecule has 1 aliphatic heterocycles. The normalized spacial score (nSPS) is 12.2. The first-order valence-corrected chi connectivity index (χ1v) is 8.78. The van der Waals surface area contributed by atoms with Crippen molar-refractivity contribution in [3.63, 3.8) is 0 Å². The van der Waals surface area contributed by atoms with Crippen molar-refractivity contribution in [3.05, 3.63) is 71.1 Å². The quantitative estimate of drug-likeness (QED) is 0.643. The van der Waals surface area contributed by atoms with Crippen LogP contribution < -0.4 is 5.73 Å². The minimum Gasteiger partial charge on any atom is -0.483 e. The molecular formula is C21H18N4O4. The fraction of sp³-hybridized carbons (Fsp3) is 0.143. The van der Waals surface area contributed by atoms with Crippen LogP contribution in [0.1, 0.15) is 27.2 Å². The monoisotopic (exact) mass is 390 g/mol. The zero-order valence-corrected chi connectivity index (χ0v) is 15.4. The number of pyridine rings is 1. The van der Waals surface area contributed by atoms with Crippen LogP contribution in [0.2, 0.25) is 0 Å². The highest BCUT2D eigenvalue weighted by Crippen LogP contribution is 2.35. The lowest BCUT2D eigenvalue weighted by molar-refractivity contribution is -0.122. The number of nitriles is 1. The van der Waals surface area contributed by atoms with Gasteiger partial charge in [-0.1, -0.05) is 18.2 Å². The Morgan fingerprint density at radius 3 is 2.62 bits per heavy atom. The average molecular weight is 390 g/mol. The van der Waals surface area contributed by atoms with Gasteiger partial charge in [-0.25, -0.2) is 4.98 Å². The van der Waals surface area contributed by atoms with E-state index < -0.39 is 0 Å². The number of benzene rings is 1. The maximum Gasteiger partial charge on any atom is 0.290 e. The van der Waals surface area contributed by atoms with Crippen LogP contribution in [0.15, 0.2) is 53.1 Å². The molecule has 0 saturated heterocycles. The van der Waals surface area contributed by atoms with Crippen molar-refractivity contribution in [2.75, 3.05) is 12.3 Å². The van der Waals surface area contributed by atoms with Crippen molar-refractivity contribution in [3.8, 4) is 17.4 Å². The summed E-state index contributed by atoms with van der Waals surface area (Å²) in [4.78, 5) is 27.3. The van der Waals surface area contributed by atoms with E-state index in [4.69, 9.17) is 20.1 Å². The molecule has 0 spiro atoms. The molecule has 8 nitrogen and oxygen atoms in total. The third-order valence-corrected chi connectivity index (χ3v) is 4.57. The third kappa shape index (κ3) is 3.94. The fourth-order valence-electron chi connectivity index (χ4n) is 3.32. The topological polar surface area (TPSA) is 133 Å². The number of furan rings is 1. The Labute approximate surface area is 166 Å². The van der Waals surface area contributed by atoms with E-state index in [1.807, 2.05) is 18.2 Å². The smallest absolute Gasteiger partial charge is 0.290 e. The summed E-state index contributed by atoms with van der Waals surface area (Å²) < 4.78 is 5.53. The fourth-order valence-corrected chi connectivity index (χ4v) is 3.32. The maximum absolute atomic E-state index is 12.8. The number of aromatic nitrogens is 1. The van der Waals surface area contributed by atoms with Gasteiger partial charge in [-0.05, 0) is 24.3 Å². The Morgan fingerprint density at radius 2 is 2.00 bits per heavy atom. The molecule has 29 heavy (non-hydrogen) atoms. The summed E-state index contributed by atoms with van der Waals surface area (Å²) >= 11 is 0. The molecule has 0 bridgehead atoms. The van der Waals surface area contributed by atoms with Gasteiger partial charge in [-0.3, -0.25) is 9.59 Å². The Balaban J connectivity index is 0.000000755. The van der Waals surface area contributed by atoms with Crippen molar-refractivity contribution >= 4 is 18.2 Å². The SMILES string of the molecule is N#Cc1c(N)nc2c(c1-c1ccco1)CN(C(=O)c1ccccc1)CC2.O=CO. The molecule has 3 aromatic rings. The highest BCUT2D eigenvalue weighted by Gasteiger charge is 2.28. The van der Waals surface area contributed by atoms with Gasteiger partial charge in [-0.2, -0.15) is 5.26 Å². The van der Waals surface area contributed by atoms with Crippen LogP contribution in [0, 0.1) is 11.3 Å². The first-order chi connectivity index (χ1) is 14.1. The van der Waals surface area contributed by atoms with E-state index in [1.165, 1.54) is 0 Å². The summed E-state index contributed by atoms with van der Waals surface area (Å²) in [6.45, 7) is 0.664. The standard InChI is InChI=1S/C20H16N4O2.CH2O2/c21-11-14-18(17-7-4-10-26-17)15-12-24(9-8-16(15)23-19(14)22)20(25)13-5-2-1-3-6-13;2-1-3/h1-7,10H,8-9,12H2,(H2,22,23);1H,(H,2,3). The van der Waals surface area contributed by atoms with Gasteiger partial charge in [0.25, 0.3) is 12.4 Å². The molecule has 0 atom stereocenters.